The molecule has 2 aliphatic heterocycles. The maximum absolute atomic E-state index is 5.26. The molecule has 0 spiro atoms. The molecule has 5 nitrogen and oxygen atoms in total. The van der Waals surface area contributed by atoms with Crippen LogP contribution in [0.25, 0.3) is 0 Å². The maximum atomic E-state index is 5.26. The predicted octanol–water partition coefficient (Wildman–Crippen LogP) is 2.89. The van der Waals surface area contributed by atoms with E-state index >= 15 is 0 Å². The molecule has 0 aliphatic carbocycles. The van der Waals surface area contributed by atoms with Crippen LogP contribution in [-0.4, -0.2) is 47.7 Å². The Morgan fingerprint density at radius 1 is 1.16 bits per heavy atom. The van der Waals surface area contributed by atoms with Gasteiger partial charge in [-0.25, -0.2) is 9.97 Å². The molecular weight excluding hydrogens is 312 g/mol. The van der Waals surface area contributed by atoms with Gasteiger partial charge in [0.05, 0.1) is 7.11 Å². The number of hydrogen-bond donors (Lipinski definition) is 0. The summed E-state index contributed by atoms with van der Waals surface area (Å²) in [6, 6.07) is 11.4. The Bertz CT molecular complexity index is 735. The van der Waals surface area contributed by atoms with Crippen molar-refractivity contribution in [2.45, 2.75) is 32.4 Å². The molecule has 4 rings (SSSR count). The summed E-state index contributed by atoms with van der Waals surface area (Å²) in [5, 5.41) is 0. The topological polar surface area (TPSA) is 41.5 Å². The lowest BCUT2D eigenvalue weighted by molar-refractivity contribution is 0.200. The molecule has 1 aromatic carbocycles. The highest BCUT2D eigenvalue weighted by atomic mass is 16.5. The maximum Gasteiger partial charge on any atom is 0.218 e. The van der Waals surface area contributed by atoms with Gasteiger partial charge in [-0.2, -0.15) is 0 Å². The number of ether oxygens (including phenoxy) is 1. The summed E-state index contributed by atoms with van der Waals surface area (Å²) < 4.78 is 5.26. The molecule has 2 saturated heterocycles. The third kappa shape index (κ3) is 3.47. The summed E-state index contributed by atoms with van der Waals surface area (Å²) in [7, 11) is 1.65. The number of piperidine rings is 1. The average molecular weight is 338 g/mol. The molecule has 0 radical (unpaired) electrons. The number of nitrogens with zero attached hydrogens (tertiary/aromatic N) is 4. The zero-order valence-electron chi connectivity index (χ0n) is 15.1. The van der Waals surface area contributed by atoms with E-state index in [-0.39, 0.29) is 0 Å². The van der Waals surface area contributed by atoms with Crippen molar-refractivity contribution in [2.75, 3.05) is 31.6 Å². The minimum absolute atomic E-state index is 0.607. The third-order valence-electron chi connectivity index (χ3n) is 5.61. The second-order valence-electron chi connectivity index (χ2n) is 7.23. The Hall–Kier alpha value is -2.14. The molecule has 2 fully saturated rings. The number of rotatable bonds is 4. The van der Waals surface area contributed by atoms with Crippen LogP contribution in [0.1, 0.15) is 24.0 Å². The van der Waals surface area contributed by atoms with E-state index in [9.17, 15) is 0 Å². The van der Waals surface area contributed by atoms with Crippen LogP contribution < -0.4 is 9.64 Å². The van der Waals surface area contributed by atoms with Crippen molar-refractivity contribution in [1.29, 1.82) is 0 Å². The fourth-order valence-electron chi connectivity index (χ4n) is 4.29. The van der Waals surface area contributed by atoms with Gasteiger partial charge in [-0.1, -0.05) is 29.8 Å². The van der Waals surface area contributed by atoms with Crippen molar-refractivity contribution < 1.29 is 4.74 Å². The van der Waals surface area contributed by atoms with Crippen LogP contribution in [0.3, 0.4) is 0 Å². The zero-order valence-corrected chi connectivity index (χ0v) is 15.1. The summed E-state index contributed by atoms with van der Waals surface area (Å²) in [6.07, 6.45) is 4.15. The van der Waals surface area contributed by atoms with Gasteiger partial charge in [-0.05, 0) is 37.8 Å². The Labute approximate surface area is 149 Å². The van der Waals surface area contributed by atoms with E-state index in [1.165, 1.54) is 30.5 Å². The van der Waals surface area contributed by atoms with E-state index in [2.05, 4.69) is 51.0 Å². The van der Waals surface area contributed by atoms with Crippen LogP contribution in [0.4, 0.5) is 5.82 Å². The smallest absolute Gasteiger partial charge is 0.218 e. The molecule has 2 unspecified atom stereocenters. The van der Waals surface area contributed by atoms with Gasteiger partial charge in [0.25, 0.3) is 0 Å². The highest BCUT2D eigenvalue weighted by molar-refractivity contribution is 5.42. The number of hydrogen-bond acceptors (Lipinski definition) is 5. The molecule has 0 bridgehead atoms. The number of aromatic nitrogens is 2. The Kier molecular flexibility index (Phi) is 4.57. The van der Waals surface area contributed by atoms with Crippen molar-refractivity contribution in [2.24, 2.45) is 5.92 Å². The molecule has 2 aromatic rings. The number of methoxy groups -OCH3 is 1. The monoisotopic (exact) mass is 338 g/mol. The minimum Gasteiger partial charge on any atom is -0.481 e. The van der Waals surface area contributed by atoms with Crippen molar-refractivity contribution in [3.8, 4) is 5.88 Å². The van der Waals surface area contributed by atoms with Crippen LogP contribution in [0.5, 0.6) is 5.88 Å². The minimum atomic E-state index is 0.607. The Morgan fingerprint density at radius 2 is 2.04 bits per heavy atom. The molecule has 0 N–H and O–H groups in total. The average Bonchev–Trinajstić information content (AvgIpc) is 3.04. The summed E-state index contributed by atoms with van der Waals surface area (Å²) in [4.78, 5) is 13.6. The SMILES string of the molecule is COc1cc(N2CCC3CCN(Cc4cccc(C)c4)C3C2)ncn1. The molecule has 5 heteroatoms. The van der Waals surface area contributed by atoms with Crippen LogP contribution in [0, 0.1) is 12.8 Å². The highest BCUT2D eigenvalue weighted by Gasteiger charge is 2.38. The van der Waals surface area contributed by atoms with Crippen LogP contribution in [-0.2, 0) is 6.54 Å². The van der Waals surface area contributed by atoms with E-state index in [4.69, 9.17) is 4.74 Å². The van der Waals surface area contributed by atoms with Crippen LogP contribution in [0.2, 0.25) is 0 Å². The first-order valence-corrected chi connectivity index (χ1v) is 9.13. The van der Waals surface area contributed by atoms with Gasteiger partial charge >= 0.3 is 0 Å². The van der Waals surface area contributed by atoms with Gasteiger partial charge in [0.15, 0.2) is 0 Å². The molecule has 2 aliphatic rings. The van der Waals surface area contributed by atoms with E-state index in [1.54, 1.807) is 13.4 Å². The lowest BCUT2D eigenvalue weighted by Crippen LogP contribution is -2.48. The van der Waals surface area contributed by atoms with E-state index < -0.39 is 0 Å². The summed E-state index contributed by atoms with van der Waals surface area (Å²) in [5.74, 6) is 2.42. The number of fused-ring (bicyclic) bond motifs is 1. The van der Waals surface area contributed by atoms with Gasteiger partial charge in [0, 0.05) is 31.7 Å². The second-order valence-corrected chi connectivity index (χ2v) is 7.23. The molecule has 0 amide bonds. The van der Waals surface area contributed by atoms with E-state index in [1.807, 2.05) is 6.07 Å². The van der Waals surface area contributed by atoms with Crippen molar-refractivity contribution >= 4 is 5.82 Å². The van der Waals surface area contributed by atoms with E-state index in [0.717, 1.165) is 31.4 Å². The van der Waals surface area contributed by atoms with Gasteiger partial charge in [-0.3, -0.25) is 4.90 Å². The molecule has 0 saturated carbocycles. The largest absolute Gasteiger partial charge is 0.481 e. The summed E-state index contributed by atoms with van der Waals surface area (Å²) >= 11 is 0. The number of benzene rings is 1. The lowest BCUT2D eigenvalue weighted by Gasteiger charge is -2.39. The summed E-state index contributed by atoms with van der Waals surface area (Å²) in [6.45, 7) is 6.52. The van der Waals surface area contributed by atoms with Crippen molar-refractivity contribution in [3.63, 3.8) is 0 Å². The third-order valence-corrected chi connectivity index (χ3v) is 5.61. The lowest BCUT2D eigenvalue weighted by atomic mass is 9.92. The number of aryl methyl sites for hydroxylation is 1. The molecule has 3 heterocycles. The highest BCUT2D eigenvalue weighted by Crippen LogP contribution is 2.34. The standard InChI is InChI=1S/C20H26N4O/c1-15-4-3-5-16(10-15)12-23-8-6-17-7-9-24(13-18(17)23)19-11-20(25-2)22-14-21-19/h3-5,10-11,14,17-18H,6-9,12-13H2,1-2H3. The van der Waals surface area contributed by atoms with Crippen molar-refractivity contribution in [3.05, 3.63) is 47.8 Å². The molecular formula is C20H26N4O. The number of anilines is 1. The van der Waals surface area contributed by atoms with Crippen LogP contribution >= 0.6 is 0 Å². The Balaban J connectivity index is 1.48. The quantitative estimate of drug-likeness (QED) is 0.857. The van der Waals surface area contributed by atoms with E-state index in [0.29, 0.717) is 11.9 Å². The van der Waals surface area contributed by atoms with Crippen LogP contribution in [0.15, 0.2) is 36.7 Å². The fraction of sp³-hybridized carbons (Fsp3) is 0.500. The normalized spacial score (nSPS) is 23.5. The van der Waals surface area contributed by atoms with Crippen molar-refractivity contribution in [1.82, 2.24) is 14.9 Å². The predicted molar refractivity (Wildman–Crippen MR) is 98.9 cm³/mol. The second kappa shape index (κ2) is 7.00. The van der Waals surface area contributed by atoms with Gasteiger partial charge in [0.1, 0.15) is 12.1 Å². The summed E-state index contributed by atoms with van der Waals surface area (Å²) in [5.41, 5.74) is 2.76. The zero-order chi connectivity index (χ0) is 17.2. The Morgan fingerprint density at radius 3 is 2.88 bits per heavy atom. The van der Waals surface area contributed by atoms with Gasteiger partial charge in [-0.15, -0.1) is 0 Å². The first kappa shape index (κ1) is 16.3. The van der Waals surface area contributed by atoms with Gasteiger partial charge < -0.3 is 9.64 Å². The molecule has 25 heavy (non-hydrogen) atoms. The molecule has 132 valence electrons. The molecule has 1 aromatic heterocycles. The number of likely N-dealkylation sites (tertiary alicyclic amines) is 1. The fourth-order valence-corrected chi connectivity index (χ4v) is 4.29. The first-order valence-electron chi connectivity index (χ1n) is 9.13. The van der Waals surface area contributed by atoms with Gasteiger partial charge in [0.2, 0.25) is 5.88 Å². The first-order chi connectivity index (χ1) is 12.2. The molecule has 2 atom stereocenters.